The number of halogens is 2. The lowest BCUT2D eigenvalue weighted by Gasteiger charge is -2.09. The van der Waals surface area contributed by atoms with Crippen molar-refractivity contribution in [3.63, 3.8) is 0 Å². The number of rotatable bonds is 4. The smallest absolute Gasteiger partial charge is 0.337 e. The first-order chi connectivity index (χ1) is 9.70. The van der Waals surface area contributed by atoms with Crippen LogP contribution in [0.15, 0.2) is 33.9 Å². The molecule has 2 aromatic rings. The highest BCUT2D eigenvalue weighted by molar-refractivity contribution is 9.10. The van der Waals surface area contributed by atoms with Gasteiger partial charge in [-0.2, -0.15) is 5.10 Å². The predicted molar refractivity (Wildman–Crippen MR) is 80.1 cm³/mol. The topological polar surface area (TPSA) is 101 Å². The number of benzene rings is 1. The molecule has 7 nitrogen and oxygen atoms in total. The first kappa shape index (κ1) is 15.8. The van der Waals surface area contributed by atoms with E-state index in [1.165, 1.54) is 23.1 Å². The number of hydrogen-bond acceptors (Lipinski definition) is 4. The Morgan fingerprint density at radius 1 is 1.48 bits per heavy atom. The van der Waals surface area contributed by atoms with Crippen molar-refractivity contribution in [1.29, 1.82) is 0 Å². The second-order valence-corrected chi connectivity index (χ2v) is 6.99. The molecule has 112 valence electrons. The summed E-state index contributed by atoms with van der Waals surface area (Å²) in [6, 6.07) is 2.22. The normalized spacial score (nSPS) is 11.4. The van der Waals surface area contributed by atoms with Gasteiger partial charge in [0.1, 0.15) is 0 Å². The number of carbonyl (C=O) groups is 1. The van der Waals surface area contributed by atoms with Gasteiger partial charge in [0.2, 0.25) is 0 Å². The minimum absolute atomic E-state index is 0.0668. The van der Waals surface area contributed by atoms with Crippen molar-refractivity contribution in [3.05, 3.63) is 39.6 Å². The average Bonchev–Trinajstić information content (AvgIpc) is 2.76. The van der Waals surface area contributed by atoms with Crippen LogP contribution in [0.25, 0.3) is 0 Å². The predicted octanol–water partition coefficient (Wildman–Crippen LogP) is 2.33. The Kier molecular flexibility index (Phi) is 4.26. The lowest BCUT2D eigenvalue weighted by Crippen LogP contribution is -2.14. The SMILES string of the molecule is Cn1cc(NS(=O)(=O)c2cc(Br)c(Cl)c(C(=O)O)c2)cn1. The van der Waals surface area contributed by atoms with Crippen LogP contribution in [0.2, 0.25) is 5.02 Å². The number of aromatic nitrogens is 2. The zero-order valence-electron chi connectivity index (χ0n) is 10.5. The fourth-order valence-electron chi connectivity index (χ4n) is 1.56. The summed E-state index contributed by atoms with van der Waals surface area (Å²) in [4.78, 5) is 10.9. The Hall–Kier alpha value is -1.58. The number of carboxylic acids is 1. The highest BCUT2D eigenvalue weighted by atomic mass is 79.9. The van der Waals surface area contributed by atoms with Crippen LogP contribution in [0.4, 0.5) is 5.69 Å². The van der Waals surface area contributed by atoms with Crippen molar-refractivity contribution in [2.24, 2.45) is 7.05 Å². The summed E-state index contributed by atoms with van der Waals surface area (Å²) >= 11 is 8.86. The largest absolute Gasteiger partial charge is 0.478 e. The Labute approximate surface area is 133 Å². The highest BCUT2D eigenvalue weighted by Gasteiger charge is 2.21. The number of hydrogen-bond donors (Lipinski definition) is 2. The zero-order chi connectivity index (χ0) is 15.8. The van der Waals surface area contributed by atoms with Gasteiger partial charge in [0.15, 0.2) is 0 Å². The molecule has 21 heavy (non-hydrogen) atoms. The quantitative estimate of drug-likeness (QED) is 0.829. The fraction of sp³-hybridized carbons (Fsp3) is 0.0909. The third-order valence-electron chi connectivity index (χ3n) is 2.50. The van der Waals surface area contributed by atoms with Crippen molar-refractivity contribution >= 4 is 49.2 Å². The molecule has 2 rings (SSSR count). The summed E-state index contributed by atoms with van der Waals surface area (Å²) in [6.07, 6.45) is 2.81. The van der Waals surface area contributed by atoms with Gasteiger partial charge in [0.25, 0.3) is 10.0 Å². The minimum Gasteiger partial charge on any atom is -0.478 e. The number of sulfonamides is 1. The maximum atomic E-state index is 12.2. The van der Waals surface area contributed by atoms with E-state index in [0.717, 1.165) is 6.07 Å². The van der Waals surface area contributed by atoms with Crippen molar-refractivity contribution < 1.29 is 18.3 Å². The van der Waals surface area contributed by atoms with Gasteiger partial charge in [0, 0.05) is 17.7 Å². The van der Waals surface area contributed by atoms with E-state index in [-0.39, 0.29) is 25.6 Å². The standard InChI is InChI=1S/C11H9BrClN3O4S/c1-16-5-6(4-14-16)15-21(19,20)7-2-8(11(17)18)10(13)9(12)3-7/h2-5,15H,1H3,(H,17,18). The van der Waals surface area contributed by atoms with Crippen LogP contribution < -0.4 is 4.72 Å². The summed E-state index contributed by atoms with van der Waals surface area (Å²) in [5.74, 6) is -1.32. The number of anilines is 1. The molecule has 1 heterocycles. The molecular weight excluding hydrogens is 386 g/mol. The van der Waals surface area contributed by atoms with Gasteiger partial charge in [-0.15, -0.1) is 0 Å². The average molecular weight is 395 g/mol. The summed E-state index contributed by atoms with van der Waals surface area (Å²) in [5.41, 5.74) is -0.0435. The van der Waals surface area contributed by atoms with Crippen LogP contribution in [-0.4, -0.2) is 29.3 Å². The van der Waals surface area contributed by atoms with E-state index >= 15 is 0 Å². The molecule has 2 N–H and O–H groups in total. The summed E-state index contributed by atoms with van der Waals surface area (Å²) in [7, 11) is -2.31. The molecule has 1 aromatic carbocycles. The van der Waals surface area contributed by atoms with Crippen LogP contribution in [0, 0.1) is 0 Å². The summed E-state index contributed by atoms with van der Waals surface area (Å²) in [5, 5.41) is 12.8. The van der Waals surface area contributed by atoms with Crippen molar-refractivity contribution in [1.82, 2.24) is 9.78 Å². The third kappa shape index (κ3) is 3.36. The van der Waals surface area contributed by atoms with Gasteiger partial charge in [0.05, 0.1) is 27.4 Å². The van der Waals surface area contributed by atoms with Crippen LogP contribution in [0.1, 0.15) is 10.4 Å². The molecular formula is C11H9BrClN3O4S. The number of carboxylic acid groups (broad SMARTS) is 1. The van der Waals surface area contributed by atoms with Crippen LogP contribution in [0.5, 0.6) is 0 Å². The van der Waals surface area contributed by atoms with E-state index in [2.05, 4.69) is 25.8 Å². The fourth-order valence-corrected chi connectivity index (χ4v) is 3.44. The van der Waals surface area contributed by atoms with E-state index in [4.69, 9.17) is 16.7 Å². The maximum Gasteiger partial charge on any atom is 0.337 e. The summed E-state index contributed by atoms with van der Waals surface area (Å²) < 4.78 is 28.4. The first-order valence-electron chi connectivity index (χ1n) is 5.44. The molecule has 0 amide bonds. The Morgan fingerprint density at radius 2 is 2.14 bits per heavy atom. The van der Waals surface area contributed by atoms with Crippen LogP contribution >= 0.6 is 27.5 Å². The van der Waals surface area contributed by atoms with Gasteiger partial charge in [-0.3, -0.25) is 9.40 Å². The van der Waals surface area contributed by atoms with Crippen LogP contribution in [0.3, 0.4) is 0 Å². The van der Waals surface area contributed by atoms with E-state index in [1.807, 2.05) is 0 Å². The molecule has 0 aliphatic carbocycles. The van der Waals surface area contributed by atoms with Crippen LogP contribution in [-0.2, 0) is 17.1 Å². The molecule has 0 radical (unpaired) electrons. The lowest BCUT2D eigenvalue weighted by atomic mass is 10.2. The lowest BCUT2D eigenvalue weighted by molar-refractivity contribution is 0.0696. The molecule has 0 bridgehead atoms. The molecule has 0 saturated heterocycles. The molecule has 10 heteroatoms. The molecule has 0 spiro atoms. The van der Waals surface area contributed by atoms with Gasteiger partial charge in [-0.05, 0) is 28.1 Å². The highest BCUT2D eigenvalue weighted by Crippen LogP contribution is 2.30. The molecule has 0 atom stereocenters. The van der Waals surface area contributed by atoms with Gasteiger partial charge in [-0.1, -0.05) is 11.6 Å². The number of nitrogens with one attached hydrogen (secondary N) is 1. The van der Waals surface area contributed by atoms with Crippen molar-refractivity contribution in [2.75, 3.05) is 4.72 Å². The Morgan fingerprint density at radius 3 is 2.67 bits per heavy atom. The Balaban J connectivity index is 2.47. The number of aromatic carboxylic acids is 1. The van der Waals surface area contributed by atoms with Gasteiger partial charge >= 0.3 is 5.97 Å². The van der Waals surface area contributed by atoms with Crippen molar-refractivity contribution in [3.8, 4) is 0 Å². The molecule has 0 aliphatic heterocycles. The minimum atomic E-state index is -3.95. The second-order valence-electron chi connectivity index (χ2n) is 4.08. The second kappa shape index (κ2) is 5.66. The monoisotopic (exact) mass is 393 g/mol. The number of nitrogens with zero attached hydrogens (tertiary/aromatic N) is 2. The first-order valence-corrected chi connectivity index (χ1v) is 8.10. The number of aryl methyl sites for hydroxylation is 1. The van der Waals surface area contributed by atoms with Gasteiger partial charge < -0.3 is 5.11 Å². The molecule has 1 aromatic heterocycles. The summed E-state index contributed by atoms with van der Waals surface area (Å²) in [6.45, 7) is 0. The van der Waals surface area contributed by atoms with E-state index in [1.54, 1.807) is 7.05 Å². The van der Waals surface area contributed by atoms with E-state index in [0.29, 0.717) is 0 Å². The van der Waals surface area contributed by atoms with E-state index in [9.17, 15) is 13.2 Å². The molecule has 0 unspecified atom stereocenters. The van der Waals surface area contributed by atoms with E-state index < -0.39 is 16.0 Å². The maximum absolute atomic E-state index is 12.2. The molecule has 0 aliphatic rings. The zero-order valence-corrected chi connectivity index (χ0v) is 13.7. The third-order valence-corrected chi connectivity index (χ3v) is 5.12. The Bertz CT molecular complexity index is 819. The molecule has 0 fully saturated rings. The van der Waals surface area contributed by atoms with Gasteiger partial charge in [-0.25, -0.2) is 13.2 Å². The van der Waals surface area contributed by atoms with Crippen molar-refractivity contribution in [2.45, 2.75) is 4.90 Å². The molecule has 0 saturated carbocycles.